The Morgan fingerprint density at radius 2 is 1.90 bits per heavy atom. The van der Waals surface area contributed by atoms with E-state index >= 15 is 0 Å². The SMILES string of the molecule is C/C=C\NCC/C(=C/C)[C@H]1CCC2C3CC[C@@H]4C[C@](C)(CC)CC[C@]4(C)C3=CC[C@@]21C. The molecule has 174 valence electrons. The first-order valence-corrected chi connectivity index (χ1v) is 13.5. The van der Waals surface area contributed by atoms with E-state index in [9.17, 15) is 0 Å². The normalized spacial score (nSPS) is 45.1. The summed E-state index contributed by atoms with van der Waals surface area (Å²) in [5.74, 6) is 3.50. The molecule has 1 N–H and O–H groups in total. The standard InChI is InChI=1S/C30H49N/c1-7-19-31-20-15-22(8-2)25-12-13-26-24-11-10-23-21-28(4,9-3)17-18-29(23,5)27(24)14-16-30(25,26)6/h7-8,14,19,23-26,31H,9-13,15-18,20-21H2,1-6H3/b19-7-,22-8-/t23-,24?,25-,26?,28-,29+,30-/m1/s1. The number of rotatable bonds is 6. The summed E-state index contributed by atoms with van der Waals surface area (Å²) in [5.41, 5.74) is 5.21. The molecule has 0 radical (unpaired) electrons. The second-order valence-electron chi connectivity index (χ2n) is 12.3. The Bertz CT molecular complexity index is 744. The summed E-state index contributed by atoms with van der Waals surface area (Å²) in [5, 5.41) is 3.47. The third-order valence-electron chi connectivity index (χ3n) is 10.9. The third kappa shape index (κ3) is 3.87. The first-order chi connectivity index (χ1) is 14.8. The van der Waals surface area contributed by atoms with Crippen molar-refractivity contribution in [2.75, 3.05) is 6.54 Å². The molecule has 0 heterocycles. The minimum atomic E-state index is 0.479. The fraction of sp³-hybridized carbons (Fsp3) is 0.800. The topological polar surface area (TPSA) is 12.0 Å². The van der Waals surface area contributed by atoms with Crippen molar-refractivity contribution in [1.29, 1.82) is 0 Å². The van der Waals surface area contributed by atoms with Gasteiger partial charge in [0.25, 0.3) is 0 Å². The highest BCUT2D eigenvalue weighted by molar-refractivity contribution is 5.31. The molecule has 0 spiro atoms. The van der Waals surface area contributed by atoms with E-state index in [4.69, 9.17) is 0 Å². The van der Waals surface area contributed by atoms with Crippen LogP contribution in [-0.4, -0.2) is 6.54 Å². The van der Waals surface area contributed by atoms with E-state index in [1.54, 1.807) is 5.57 Å². The number of nitrogens with one attached hydrogen (secondary N) is 1. The fourth-order valence-corrected chi connectivity index (χ4v) is 8.67. The highest BCUT2D eigenvalue weighted by Gasteiger charge is 2.58. The lowest BCUT2D eigenvalue weighted by atomic mass is 9.46. The molecule has 4 aliphatic carbocycles. The summed E-state index contributed by atoms with van der Waals surface area (Å²) in [6.07, 6.45) is 23.5. The molecule has 0 amide bonds. The molecule has 2 unspecified atom stereocenters. The zero-order valence-electron chi connectivity index (χ0n) is 21.4. The molecule has 4 aliphatic rings. The van der Waals surface area contributed by atoms with Crippen LogP contribution in [0.25, 0.3) is 0 Å². The molecule has 31 heavy (non-hydrogen) atoms. The van der Waals surface area contributed by atoms with E-state index < -0.39 is 0 Å². The van der Waals surface area contributed by atoms with Crippen molar-refractivity contribution in [3.63, 3.8) is 0 Å². The second kappa shape index (κ2) is 8.75. The van der Waals surface area contributed by atoms with E-state index in [0.717, 1.165) is 30.2 Å². The van der Waals surface area contributed by atoms with Crippen LogP contribution in [0.2, 0.25) is 0 Å². The fourth-order valence-electron chi connectivity index (χ4n) is 8.67. The van der Waals surface area contributed by atoms with Gasteiger partial charge >= 0.3 is 0 Å². The summed E-state index contributed by atoms with van der Waals surface area (Å²) < 4.78 is 0. The molecule has 0 aromatic carbocycles. The molecule has 3 fully saturated rings. The quantitative estimate of drug-likeness (QED) is 0.334. The van der Waals surface area contributed by atoms with E-state index in [0.29, 0.717) is 16.2 Å². The Hall–Kier alpha value is -0.980. The molecular formula is C30H49N. The summed E-state index contributed by atoms with van der Waals surface area (Å²) in [7, 11) is 0. The second-order valence-corrected chi connectivity index (χ2v) is 12.3. The lowest BCUT2D eigenvalue weighted by molar-refractivity contribution is -0.00740. The maximum absolute atomic E-state index is 3.47. The van der Waals surface area contributed by atoms with Crippen LogP contribution in [-0.2, 0) is 0 Å². The van der Waals surface area contributed by atoms with E-state index in [-0.39, 0.29) is 0 Å². The number of allylic oxidation sites excluding steroid dienone is 4. The third-order valence-corrected chi connectivity index (χ3v) is 10.9. The molecule has 0 aromatic rings. The van der Waals surface area contributed by atoms with Crippen LogP contribution >= 0.6 is 0 Å². The maximum atomic E-state index is 3.47. The van der Waals surface area contributed by atoms with Gasteiger partial charge in [-0.15, -0.1) is 0 Å². The zero-order valence-corrected chi connectivity index (χ0v) is 21.4. The molecule has 0 saturated heterocycles. The largest absolute Gasteiger partial charge is 0.391 e. The first-order valence-electron chi connectivity index (χ1n) is 13.5. The van der Waals surface area contributed by atoms with E-state index in [1.807, 2.05) is 5.57 Å². The van der Waals surface area contributed by atoms with Gasteiger partial charge in [0.1, 0.15) is 0 Å². The van der Waals surface area contributed by atoms with Crippen LogP contribution in [0.5, 0.6) is 0 Å². The first kappa shape index (κ1) is 23.2. The minimum Gasteiger partial charge on any atom is -0.391 e. The van der Waals surface area contributed by atoms with E-state index in [2.05, 4.69) is 71.3 Å². The van der Waals surface area contributed by atoms with Crippen molar-refractivity contribution in [2.24, 2.45) is 39.9 Å². The predicted molar refractivity (Wildman–Crippen MR) is 135 cm³/mol. The molecule has 4 rings (SSSR count). The Balaban J connectivity index is 1.54. The Morgan fingerprint density at radius 3 is 2.61 bits per heavy atom. The summed E-state index contributed by atoms with van der Waals surface area (Å²) in [6, 6.07) is 0. The van der Waals surface area contributed by atoms with Crippen LogP contribution in [0.4, 0.5) is 0 Å². The van der Waals surface area contributed by atoms with Gasteiger partial charge in [-0.25, -0.2) is 0 Å². The molecule has 3 saturated carbocycles. The van der Waals surface area contributed by atoms with Crippen molar-refractivity contribution in [3.05, 3.63) is 35.6 Å². The molecule has 1 heteroatoms. The van der Waals surface area contributed by atoms with Crippen LogP contribution in [0.15, 0.2) is 35.6 Å². The van der Waals surface area contributed by atoms with Crippen LogP contribution in [0.1, 0.15) is 106 Å². The van der Waals surface area contributed by atoms with Crippen molar-refractivity contribution in [3.8, 4) is 0 Å². The monoisotopic (exact) mass is 423 g/mol. The molecule has 0 aromatic heterocycles. The molecule has 0 aliphatic heterocycles. The van der Waals surface area contributed by atoms with Gasteiger partial charge in [-0.05, 0) is 118 Å². The molecular weight excluding hydrogens is 374 g/mol. The van der Waals surface area contributed by atoms with Crippen molar-refractivity contribution < 1.29 is 0 Å². The van der Waals surface area contributed by atoms with Gasteiger partial charge < -0.3 is 5.32 Å². The van der Waals surface area contributed by atoms with Crippen LogP contribution in [0.3, 0.4) is 0 Å². The van der Waals surface area contributed by atoms with Gasteiger partial charge in [-0.3, -0.25) is 0 Å². The Labute approximate surface area is 193 Å². The summed E-state index contributed by atoms with van der Waals surface area (Å²) >= 11 is 0. The molecule has 1 nitrogen and oxygen atoms in total. The number of hydrogen-bond acceptors (Lipinski definition) is 1. The number of hydrogen-bond donors (Lipinski definition) is 1. The van der Waals surface area contributed by atoms with Crippen LogP contribution in [0, 0.1) is 39.9 Å². The zero-order chi connectivity index (χ0) is 22.3. The van der Waals surface area contributed by atoms with Gasteiger partial charge in [-0.2, -0.15) is 0 Å². The van der Waals surface area contributed by atoms with Crippen molar-refractivity contribution in [1.82, 2.24) is 5.32 Å². The predicted octanol–water partition coefficient (Wildman–Crippen LogP) is 8.44. The maximum Gasteiger partial charge on any atom is 0.0178 e. The lowest BCUT2D eigenvalue weighted by Gasteiger charge is -2.59. The van der Waals surface area contributed by atoms with E-state index in [1.165, 1.54) is 64.2 Å². The van der Waals surface area contributed by atoms with Gasteiger partial charge in [-0.1, -0.05) is 63.5 Å². The molecule has 0 bridgehead atoms. The Morgan fingerprint density at radius 1 is 1.10 bits per heavy atom. The van der Waals surface area contributed by atoms with Gasteiger partial charge in [0.15, 0.2) is 0 Å². The Kier molecular flexibility index (Phi) is 6.55. The minimum absolute atomic E-state index is 0.479. The van der Waals surface area contributed by atoms with Crippen LogP contribution < -0.4 is 5.32 Å². The average molecular weight is 424 g/mol. The van der Waals surface area contributed by atoms with Gasteiger partial charge in [0.05, 0.1) is 0 Å². The van der Waals surface area contributed by atoms with Gasteiger partial charge in [0, 0.05) is 6.54 Å². The highest BCUT2D eigenvalue weighted by Crippen LogP contribution is 2.67. The highest BCUT2D eigenvalue weighted by atomic mass is 14.8. The smallest absolute Gasteiger partial charge is 0.0178 e. The van der Waals surface area contributed by atoms with Crippen molar-refractivity contribution in [2.45, 2.75) is 106 Å². The average Bonchev–Trinajstić information content (AvgIpc) is 3.12. The van der Waals surface area contributed by atoms with Gasteiger partial charge in [0.2, 0.25) is 0 Å². The van der Waals surface area contributed by atoms with Crippen molar-refractivity contribution >= 4 is 0 Å². The summed E-state index contributed by atoms with van der Waals surface area (Å²) in [6.45, 7) is 15.8. The molecule has 7 atom stereocenters. The summed E-state index contributed by atoms with van der Waals surface area (Å²) in [4.78, 5) is 0. The lowest BCUT2D eigenvalue weighted by Crippen LogP contribution is -2.49. The number of fused-ring (bicyclic) bond motifs is 5.